The Bertz CT molecular complexity index is 370. The normalized spacial score (nSPS) is 22.3. The first-order valence-electron chi connectivity index (χ1n) is 5.57. The molecule has 88 valence electrons. The van der Waals surface area contributed by atoms with Crippen LogP contribution < -0.4 is 5.73 Å². The van der Waals surface area contributed by atoms with Gasteiger partial charge in [-0.3, -0.25) is 4.90 Å². The van der Waals surface area contributed by atoms with Crippen molar-refractivity contribution in [3.63, 3.8) is 0 Å². The molecule has 1 fully saturated rings. The summed E-state index contributed by atoms with van der Waals surface area (Å²) in [6.45, 7) is 2.42. The second-order valence-electron chi connectivity index (χ2n) is 4.37. The van der Waals surface area contributed by atoms with E-state index in [0.29, 0.717) is 17.1 Å². The van der Waals surface area contributed by atoms with E-state index in [2.05, 4.69) is 4.90 Å². The quantitative estimate of drug-likeness (QED) is 0.863. The first-order valence-corrected chi connectivity index (χ1v) is 5.95. The van der Waals surface area contributed by atoms with Crippen LogP contribution in [-0.4, -0.2) is 24.0 Å². The Labute approximate surface area is 100 Å². The molecule has 4 heteroatoms. The number of nitrogens with two attached hydrogens (primary N) is 1. The molecule has 0 saturated carbocycles. The maximum Gasteiger partial charge on any atom is 0.127 e. The fourth-order valence-corrected chi connectivity index (χ4v) is 2.33. The summed E-state index contributed by atoms with van der Waals surface area (Å²) in [6, 6.07) is 4.90. The zero-order chi connectivity index (χ0) is 11.5. The lowest BCUT2D eigenvalue weighted by Crippen LogP contribution is -2.42. The second-order valence-corrected chi connectivity index (χ2v) is 4.81. The number of rotatable bonds is 2. The van der Waals surface area contributed by atoms with E-state index in [4.69, 9.17) is 17.3 Å². The van der Waals surface area contributed by atoms with Crippen LogP contribution in [0.4, 0.5) is 4.39 Å². The summed E-state index contributed by atoms with van der Waals surface area (Å²) in [7, 11) is 0. The third-order valence-corrected chi connectivity index (χ3v) is 3.18. The molecule has 1 heterocycles. The molecule has 0 aromatic heterocycles. The van der Waals surface area contributed by atoms with Gasteiger partial charge in [-0.15, -0.1) is 0 Å². The number of hydrogen-bond acceptors (Lipinski definition) is 2. The molecule has 2 N–H and O–H groups in total. The van der Waals surface area contributed by atoms with Gasteiger partial charge >= 0.3 is 0 Å². The Balaban J connectivity index is 2.05. The van der Waals surface area contributed by atoms with Crippen molar-refractivity contribution >= 4 is 11.6 Å². The highest BCUT2D eigenvalue weighted by atomic mass is 35.5. The van der Waals surface area contributed by atoms with Gasteiger partial charge in [0.15, 0.2) is 0 Å². The minimum absolute atomic E-state index is 0.191. The molecule has 1 unspecified atom stereocenters. The van der Waals surface area contributed by atoms with Gasteiger partial charge in [0.2, 0.25) is 0 Å². The number of piperidine rings is 1. The summed E-state index contributed by atoms with van der Waals surface area (Å²) in [4.78, 5) is 2.18. The molecule has 1 saturated heterocycles. The molecule has 0 amide bonds. The van der Waals surface area contributed by atoms with Crippen LogP contribution >= 0.6 is 11.6 Å². The van der Waals surface area contributed by atoms with E-state index in [1.165, 1.54) is 6.07 Å². The molecule has 1 aromatic carbocycles. The van der Waals surface area contributed by atoms with Gasteiger partial charge in [-0.25, -0.2) is 4.39 Å². The van der Waals surface area contributed by atoms with Crippen molar-refractivity contribution in [1.29, 1.82) is 0 Å². The fourth-order valence-electron chi connectivity index (χ4n) is 2.14. The van der Waals surface area contributed by atoms with E-state index in [1.807, 2.05) is 0 Å². The third kappa shape index (κ3) is 2.94. The minimum Gasteiger partial charge on any atom is -0.327 e. The molecule has 0 aliphatic carbocycles. The van der Waals surface area contributed by atoms with E-state index >= 15 is 0 Å². The topological polar surface area (TPSA) is 29.3 Å². The third-order valence-electron chi connectivity index (χ3n) is 2.94. The average Bonchev–Trinajstić information content (AvgIpc) is 2.24. The van der Waals surface area contributed by atoms with E-state index in [-0.39, 0.29) is 11.9 Å². The lowest BCUT2D eigenvalue weighted by atomic mass is 10.1. The smallest absolute Gasteiger partial charge is 0.127 e. The van der Waals surface area contributed by atoms with E-state index in [0.717, 1.165) is 25.9 Å². The van der Waals surface area contributed by atoms with Gasteiger partial charge in [-0.05, 0) is 37.6 Å². The first kappa shape index (κ1) is 11.8. The largest absolute Gasteiger partial charge is 0.327 e. The van der Waals surface area contributed by atoms with Crippen LogP contribution in [0.5, 0.6) is 0 Å². The summed E-state index contributed by atoms with van der Waals surface area (Å²) in [5.41, 5.74) is 6.54. The Morgan fingerprint density at radius 2 is 2.31 bits per heavy atom. The lowest BCUT2D eigenvalue weighted by Gasteiger charge is -2.30. The highest BCUT2D eigenvalue weighted by Crippen LogP contribution is 2.18. The highest BCUT2D eigenvalue weighted by molar-refractivity contribution is 6.30. The van der Waals surface area contributed by atoms with Crippen molar-refractivity contribution in [2.24, 2.45) is 5.73 Å². The van der Waals surface area contributed by atoms with Gasteiger partial charge in [0, 0.05) is 29.7 Å². The molecule has 1 aliphatic heterocycles. The second kappa shape index (κ2) is 5.13. The molecule has 1 atom stereocenters. The molecule has 1 aromatic rings. The van der Waals surface area contributed by atoms with Gasteiger partial charge in [0.05, 0.1) is 0 Å². The van der Waals surface area contributed by atoms with E-state index in [9.17, 15) is 4.39 Å². The summed E-state index contributed by atoms with van der Waals surface area (Å²) in [5.74, 6) is -0.191. The molecule has 0 bridgehead atoms. The van der Waals surface area contributed by atoms with Gasteiger partial charge in [-0.1, -0.05) is 11.6 Å². The standard InChI is InChI=1S/C12H16ClFN2/c13-10-3-4-12(14)9(6-10)7-16-5-1-2-11(15)8-16/h3-4,6,11H,1-2,5,7-8,15H2. The molecule has 0 spiro atoms. The monoisotopic (exact) mass is 242 g/mol. The molecule has 1 aliphatic rings. The van der Waals surface area contributed by atoms with Gasteiger partial charge < -0.3 is 5.73 Å². The van der Waals surface area contributed by atoms with Crippen molar-refractivity contribution in [3.05, 3.63) is 34.6 Å². The Morgan fingerprint density at radius 1 is 1.50 bits per heavy atom. The molecule has 16 heavy (non-hydrogen) atoms. The Morgan fingerprint density at radius 3 is 3.06 bits per heavy atom. The molecule has 2 rings (SSSR count). The lowest BCUT2D eigenvalue weighted by molar-refractivity contribution is 0.199. The van der Waals surface area contributed by atoms with Crippen molar-refractivity contribution in [2.45, 2.75) is 25.4 Å². The van der Waals surface area contributed by atoms with Crippen molar-refractivity contribution < 1.29 is 4.39 Å². The number of benzene rings is 1. The Kier molecular flexibility index (Phi) is 3.79. The van der Waals surface area contributed by atoms with Crippen LogP contribution in [0.15, 0.2) is 18.2 Å². The molecular weight excluding hydrogens is 227 g/mol. The van der Waals surface area contributed by atoms with Crippen LogP contribution in [0.2, 0.25) is 5.02 Å². The number of likely N-dealkylation sites (tertiary alicyclic amines) is 1. The zero-order valence-corrected chi connectivity index (χ0v) is 9.88. The van der Waals surface area contributed by atoms with Crippen LogP contribution in [-0.2, 0) is 6.54 Å². The zero-order valence-electron chi connectivity index (χ0n) is 9.13. The van der Waals surface area contributed by atoms with Gasteiger partial charge in [0.25, 0.3) is 0 Å². The molecule has 0 radical (unpaired) electrons. The predicted octanol–water partition coefficient (Wildman–Crippen LogP) is 2.40. The van der Waals surface area contributed by atoms with E-state index < -0.39 is 0 Å². The first-order chi connectivity index (χ1) is 7.65. The van der Waals surface area contributed by atoms with E-state index in [1.54, 1.807) is 12.1 Å². The van der Waals surface area contributed by atoms with Gasteiger partial charge in [-0.2, -0.15) is 0 Å². The summed E-state index contributed by atoms with van der Waals surface area (Å²) >= 11 is 5.85. The SMILES string of the molecule is NC1CCCN(Cc2cc(Cl)ccc2F)C1. The average molecular weight is 243 g/mol. The number of halogens is 2. The summed E-state index contributed by atoms with van der Waals surface area (Å²) in [6.07, 6.45) is 2.15. The highest BCUT2D eigenvalue weighted by Gasteiger charge is 2.17. The molecule has 2 nitrogen and oxygen atoms in total. The van der Waals surface area contributed by atoms with Crippen molar-refractivity contribution in [2.75, 3.05) is 13.1 Å². The maximum absolute atomic E-state index is 13.5. The van der Waals surface area contributed by atoms with Gasteiger partial charge in [0.1, 0.15) is 5.82 Å². The minimum atomic E-state index is -0.191. The maximum atomic E-state index is 13.5. The van der Waals surface area contributed by atoms with Crippen LogP contribution in [0.3, 0.4) is 0 Å². The number of nitrogens with zero attached hydrogens (tertiary/aromatic N) is 1. The van der Waals surface area contributed by atoms with Crippen molar-refractivity contribution in [3.8, 4) is 0 Å². The Hall–Kier alpha value is -0.640. The predicted molar refractivity (Wildman–Crippen MR) is 63.9 cm³/mol. The molecular formula is C12H16ClFN2. The number of hydrogen-bond donors (Lipinski definition) is 1. The van der Waals surface area contributed by atoms with Crippen LogP contribution in [0.1, 0.15) is 18.4 Å². The fraction of sp³-hybridized carbons (Fsp3) is 0.500. The van der Waals surface area contributed by atoms with Crippen LogP contribution in [0, 0.1) is 5.82 Å². The van der Waals surface area contributed by atoms with Crippen LogP contribution in [0.25, 0.3) is 0 Å². The summed E-state index contributed by atoms with van der Waals surface area (Å²) < 4.78 is 13.5. The summed E-state index contributed by atoms with van der Waals surface area (Å²) in [5, 5.41) is 0.581. The van der Waals surface area contributed by atoms with Crippen molar-refractivity contribution in [1.82, 2.24) is 4.90 Å².